The van der Waals surface area contributed by atoms with Gasteiger partial charge in [-0.2, -0.15) is 0 Å². The summed E-state index contributed by atoms with van der Waals surface area (Å²) in [6.07, 6.45) is 0.473. The van der Waals surface area contributed by atoms with Gasteiger partial charge in [-0.15, -0.1) is 0 Å². The van der Waals surface area contributed by atoms with E-state index in [0.717, 1.165) is 22.1 Å². The molecular weight excluding hydrogens is 277 g/mol. The maximum absolute atomic E-state index is 11.7. The van der Waals surface area contributed by atoms with Crippen LogP contribution in [0.25, 0.3) is 0 Å². The number of likely N-dealkylation sites (N-methyl/N-ethyl adjacent to an activating group) is 1. The summed E-state index contributed by atoms with van der Waals surface area (Å²) >= 11 is 9.42. The average Bonchev–Trinajstić information content (AvgIpc) is 2.18. The zero-order valence-electron chi connectivity index (χ0n) is 8.39. The van der Waals surface area contributed by atoms with Crippen LogP contribution in [0.3, 0.4) is 0 Å². The van der Waals surface area contributed by atoms with Crippen LogP contribution in [0.15, 0.2) is 16.6 Å². The van der Waals surface area contributed by atoms with Crippen molar-refractivity contribution in [3.63, 3.8) is 0 Å². The van der Waals surface area contributed by atoms with Crippen LogP contribution < -0.4 is 0 Å². The van der Waals surface area contributed by atoms with Crippen molar-refractivity contribution in [2.24, 2.45) is 0 Å². The highest BCUT2D eigenvalue weighted by atomic mass is 79.9. The molecule has 0 spiro atoms. The van der Waals surface area contributed by atoms with Crippen LogP contribution in [0, 0.1) is 0 Å². The molecule has 0 aliphatic carbocycles. The van der Waals surface area contributed by atoms with Gasteiger partial charge in [0.15, 0.2) is 0 Å². The number of halogens is 2. The molecular formula is C11H11BrClNO. The second-order valence-electron chi connectivity index (χ2n) is 3.61. The second-order valence-corrected chi connectivity index (χ2v) is 4.90. The first-order valence-corrected chi connectivity index (χ1v) is 6.03. The van der Waals surface area contributed by atoms with Crippen LogP contribution in [-0.2, 0) is 17.8 Å². The average molecular weight is 289 g/mol. The molecule has 2 rings (SSSR count). The van der Waals surface area contributed by atoms with Crippen molar-refractivity contribution in [1.29, 1.82) is 0 Å². The van der Waals surface area contributed by atoms with Gasteiger partial charge < -0.3 is 4.90 Å². The smallest absolute Gasteiger partial charge is 0.227 e. The Hall–Kier alpha value is -0.540. The van der Waals surface area contributed by atoms with Crippen molar-refractivity contribution < 1.29 is 4.79 Å². The summed E-state index contributed by atoms with van der Waals surface area (Å²) in [7, 11) is 0. The largest absolute Gasteiger partial charge is 0.338 e. The van der Waals surface area contributed by atoms with Gasteiger partial charge in [-0.3, -0.25) is 4.79 Å². The molecule has 2 nitrogen and oxygen atoms in total. The molecule has 15 heavy (non-hydrogen) atoms. The van der Waals surface area contributed by atoms with E-state index in [-0.39, 0.29) is 5.91 Å². The van der Waals surface area contributed by atoms with E-state index in [4.69, 9.17) is 11.6 Å². The van der Waals surface area contributed by atoms with E-state index in [0.29, 0.717) is 18.0 Å². The summed E-state index contributed by atoms with van der Waals surface area (Å²) in [5, 5.41) is 0.714. The molecule has 4 heteroatoms. The predicted octanol–water partition coefficient (Wildman–Crippen LogP) is 3.01. The van der Waals surface area contributed by atoms with Gasteiger partial charge in [0.05, 0.1) is 6.42 Å². The van der Waals surface area contributed by atoms with Crippen LogP contribution in [0.4, 0.5) is 0 Å². The fourth-order valence-corrected chi connectivity index (χ4v) is 2.85. The standard InChI is InChI=1S/C11H11BrClNO/c1-2-14-6-7-3-8(13)4-10(12)9(7)5-11(14)15/h3-4H,2,5-6H2,1H3. The van der Waals surface area contributed by atoms with E-state index in [9.17, 15) is 4.79 Å². The van der Waals surface area contributed by atoms with Gasteiger partial charge in [-0.25, -0.2) is 0 Å². The Morgan fingerprint density at radius 3 is 2.93 bits per heavy atom. The number of carbonyl (C=O) groups is 1. The Balaban J connectivity index is 2.45. The number of hydrogen-bond acceptors (Lipinski definition) is 1. The summed E-state index contributed by atoms with van der Waals surface area (Å²) in [6.45, 7) is 3.41. The van der Waals surface area contributed by atoms with E-state index in [1.807, 2.05) is 24.0 Å². The van der Waals surface area contributed by atoms with Gasteiger partial charge >= 0.3 is 0 Å². The molecule has 1 aromatic carbocycles. The Kier molecular flexibility index (Phi) is 3.03. The van der Waals surface area contributed by atoms with Crippen LogP contribution >= 0.6 is 27.5 Å². The number of rotatable bonds is 1. The third kappa shape index (κ3) is 2.04. The molecule has 1 aliphatic rings. The summed E-state index contributed by atoms with van der Waals surface area (Å²) in [4.78, 5) is 13.5. The molecule has 80 valence electrons. The first-order chi connectivity index (χ1) is 7.11. The number of nitrogens with zero attached hydrogens (tertiary/aromatic N) is 1. The normalized spacial score (nSPS) is 15.4. The Bertz CT molecular complexity index is 419. The molecule has 1 aromatic rings. The van der Waals surface area contributed by atoms with Crippen molar-refractivity contribution >= 4 is 33.4 Å². The van der Waals surface area contributed by atoms with Gasteiger partial charge in [-0.1, -0.05) is 27.5 Å². The molecule has 1 amide bonds. The van der Waals surface area contributed by atoms with E-state index in [2.05, 4.69) is 15.9 Å². The lowest BCUT2D eigenvalue weighted by Gasteiger charge is -2.28. The molecule has 0 N–H and O–H groups in total. The first kappa shape index (κ1) is 11.0. The van der Waals surface area contributed by atoms with Crippen LogP contribution in [0.1, 0.15) is 18.1 Å². The number of hydrogen-bond donors (Lipinski definition) is 0. The second kappa shape index (κ2) is 4.14. The molecule has 0 unspecified atom stereocenters. The third-order valence-corrected chi connectivity index (χ3v) is 3.60. The van der Waals surface area contributed by atoms with Gasteiger partial charge in [0, 0.05) is 22.6 Å². The Morgan fingerprint density at radius 2 is 2.27 bits per heavy atom. The van der Waals surface area contributed by atoms with Crippen LogP contribution in [-0.4, -0.2) is 17.4 Å². The van der Waals surface area contributed by atoms with Crippen molar-refractivity contribution in [2.75, 3.05) is 6.54 Å². The van der Waals surface area contributed by atoms with E-state index < -0.39 is 0 Å². The molecule has 1 aliphatic heterocycles. The number of amides is 1. The van der Waals surface area contributed by atoms with E-state index in [1.165, 1.54) is 0 Å². The van der Waals surface area contributed by atoms with Gasteiger partial charge in [0.25, 0.3) is 0 Å². The SMILES string of the molecule is CCN1Cc2cc(Cl)cc(Br)c2CC1=O. The zero-order chi connectivity index (χ0) is 11.0. The Morgan fingerprint density at radius 1 is 1.53 bits per heavy atom. The molecule has 0 saturated carbocycles. The molecule has 0 aromatic heterocycles. The first-order valence-electron chi connectivity index (χ1n) is 4.86. The summed E-state index contributed by atoms with van der Waals surface area (Å²) < 4.78 is 0.939. The monoisotopic (exact) mass is 287 g/mol. The molecule has 0 radical (unpaired) electrons. The molecule has 0 fully saturated rings. The van der Waals surface area contributed by atoms with E-state index >= 15 is 0 Å². The minimum atomic E-state index is 0.188. The highest BCUT2D eigenvalue weighted by molar-refractivity contribution is 9.10. The predicted molar refractivity (Wildman–Crippen MR) is 63.9 cm³/mol. The van der Waals surface area contributed by atoms with E-state index in [1.54, 1.807) is 0 Å². The summed E-state index contributed by atoms with van der Waals surface area (Å²) in [6, 6.07) is 3.78. The van der Waals surface area contributed by atoms with Crippen molar-refractivity contribution in [1.82, 2.24) is 4.90 Å². The van der Waals surface area contributed by atoms with Crippen LogP contribution in [0.2, 0.25) is 5.02 Å². The lowest BCUT2D eigenvalue weighted by molar-refractivity contribution is -0.131. The van der Waals surface area contributed by atoms with Gasteiger partial charge in [0.1, 0.15) is 0 Å². The third-order valence-electron chi connectivity index (χ3n) is 2.68. The number of fused-ring (bicyclic) bond motifs is 1. The number of carbonyl (C=O) groups excluding carboxylic acids is 1. The fraction of sp³-hybridized carbons (Fsp3) is 0.364. The fourth-order valence-electron chi connectivity index (χ4n) is 1.84. The van der Waals surface area contributed by atoms with Gasteiger partial charge in [-0.05, 0) is 30.2 Å². The zero-order valence-corrected chi connectivity index (χ0v) is 10.7. The molecule has 0 saturated heterocycles. The minimum absolute atomic E-state index is 0.188. The highest BCUT2D eigenvalue weighted by Gasteiger charge is 2.23. The lowest BCUT2D eigenvalue weighted by atomic mass is 9.99. The maximum Gasteiger partial charge on any atom is 0.227 e. The van der Waals surface area contributed by atoms with Gasteiger partial charge in [0.2, 0.25) is 5.91 Å². The minimum Gasteiger partial charge on any atom is -0.338 e. The number of benzene rings is 1. The highest BCUT2D eigenvalue weighted by Crippen LogP contribution is 2.30. The van der Waals surface area contributed by atoms with Crippen molar-refractivity contribution in [3.05, 3.63) is 32.8 Å². The maximum atomic E-state index is 11.7. The molecule has 0 atom stereocenters. The molecule has 1 heterocycles. The van der Waals surface area contributed by atoms with Crippen molar-refractivity contribution in [2.45, 2.75) is 19.9 Å². The Labute approximate surface area is 102 Å². The quantitative estimate of drug-likeness (QED) is 0.778. The molecule has 0 bridgehead atoms. The van der Waals surface area contributed by atoms with Crippen LogP contribution in [0.5, 0.6) is 0 Å². The topological polar surface area (TPSA) is 20.3 Å². The summed E-state index contributed by atoms with van der Waals surface area (Å²) in [5.41, 5.74) is 2.23. The lowest BCUT2D eigenvalue weighted by Crippen LogP contribution is -2.36. The van der Waals surface area contributed by atoms with Crippen molar-refractivity contribution in [3.8, 4) is 0 Å². The summed E-state index contributed by atoms with van der Waals surface area (Å²) in [5.74, 6) is 0.188.